The summed E-state index contributed by atoms with van der Waals surface area (Å²) >= 11 is 0. The fourth-order valence-corrected chi connectivity index (χ4v) is 0.492. The van der Waals surface area contributed by atoms with Crippen molar-refractivity contribution in [3.63, 3.8) is 0 Å². The summed E-state index contributed by atoms with van der Waals surface area (Å²) in [5.74, 6) is 3.10. The number of nitrogens with two attached hydrogens (primary N) is 1. The first-order valence-electron chi connectivity index (χ1n) is 4.72. The maximum absolute atomic E-state index is 11.1. The third-order valence-corrected chi connectivity index (χ3v) is 0.970. The highest BCUT2D eigenvalue weighted by molar-refractivity contribution is 5.93. The first-order valence-corrected chi connectivity index (χ1v) is 2.72. The van der Waals surface area contributed by atoms with Gasteiger partial charge in [-0.25, -0.2) is 5.84 Å². The third kappa shape index (κ3) is 1.68. The zero-order valence-electron chi connectivity index (χ0n) is 9.43. The average Bonchev–Trinajstić information content (AvgIpc) is 2.23. The number of carbonyl (C=O) groups excluding carboxylic acids is 1. The summed E-state index contributed by atoms with van der Waals surface area (Å²) in [5.41, 5.74) is 1.21. The van der Waals surface area contributed by atoms with Gasteiger partial charge < -0.3 is 5.11 Å². The molecule has 0 radical (unpaired) electrons. The highest BCUT2D eigenvalue weighted by atomic mass is 16.3. The molecule has 0 spiro atoms. The molecule has 4 nitrogen and oxygen atoms in total. The second kappa shape index (κ2) is 3.03. The van der Waals surface area contributed by atoms with Gasteiger partial charge in [-0.15, -0.1) is 0 Å². The van der Waals surface area contributed by atoms with Crippen molar-refractivity contribution in [2.24, 2.45) is 5.84 Å². The number of hydrogen-bond donors (Lipinski definition) is 3. The van der Waals surface area contributed by atoms with Crippen molar-refractivity contribution in [3.8, 4) is 5.75 Å². The molecule has 0 bridgehead atoms. The van der Waals surface area contributed by atoms with E-state index in [-0.39, 0.29) is 0 Å². The fourth-order valence-electron chi connectivity index (χ4n) is 0.492. The van der Waals surface area contributed by atoms with Crippen LogP contribution in [0.1, 0.15) is 15.8 Å². The number of benzene rings is 1. The lowest BCUT2D eigenvalue weighted by Gasteiger charge is -1.97. The molecule has 0 unspecified atom stereocenters. The Morgan fingerprint density at radius 1 is 1.55 bits per heavy atom. The molecule has 0 atom stereocenters. The van der Waals surface area contributed by atoms with E-state index in [1.54, 1.807) is 5.43 Å². The number of phenolic OH excluding ortho intramolecular Hbond substituents is 1. The number of nitrogen functional groups attached to an aromatic ring is 1. The Balaban J connectivity index is 3.60. The minimum Gasteiger partial charge on any atom is -0.508 e. The van der Waals surface area contributed by atoms with E-state index in [4.69, 9.17) is 16.4 Å². The average molecular weight is 156 g/mol. The summed E-state index contributed by atoms with van der Waals surface area (Å²) < 4.78 is 29.1. The third-order valence-electron chi connectivity index (χ3n) is 0.970. The Labute approximate surface area is 69.2 Å². The summed E-state index contributed by atoms with van der Waals surface area (Å²) in [5, 5.41) is 9.17. The number of rotatable bonds is 1. The van der Waals surface area contributed by atoms with Crippen LogP contribution >= 0.6 is 0 Å². The van der Waals surface area contributed by atoms with Gasteiger partial charge in [0.15, 0.2) is 0 Å². The Hall–Kier alpha value is -1.55. The zero-order valence-corrected chi connectivity index (χ0v) is 5.43. The lowest BCUT2D eigenvalue weighted by atomic mass is 10.2. The maximum atomic E-state index is 11.1. The first kappa shape index (κ1) is 3.73. The molecule has 11 heavy (non-hydrogen) atoms. The van der Waals surface area contributed by atoms with Gasteiger partial charge in [0.1, 0.15) is 5.75 Å². The van der Waals surface area contributed by atoms with Gasteiger partial charge >= 0.3 is 0 Å². The SMILES string of the molecule is [2H]c1c([2H])c(C(=O)NN)c([2H])c([2H])c1O. The first-order chi connectivity index (χ1) is 6.91. The highest BCUT2D eigenvalue weighted by Crippen LogP contribution is 2.08. The van der Waals surface area contributed by atoms with Crippen LogP contribution in [0.2, 0.25) is 0 Å². The molecule has 0 fully saturated rings. The van der Waals surface area contributed by atoms with Gasteiger partial charge in [-0.1, -0.05) is 0 Å². The van der Waals surface area contributed by atoms with Crippen LogP contribution in [0, 0.1) is 0 Å². The van der Waals surface area contributed by atoms with Gasteiger partial charge in [-0.05, 0) is 24.2 Å². The molecule has 1 aromatic rings. The lowest BCUT2D eigenvalue weighted by Crippen LogP contribution is -2.29. The smallest absolute Gasteiger partial charge is 0.265 e. The second-order valence-electron chi connectivity index (χ2n) is 1.70. The molecule has 0 aromatic heterocycles. The number of phenols is 1. The molecule has 1 aromatic carbocycles. The van der Waals surface area contributed by atoms with Gasteiger partial charge in [0.2, 0.25) is 0 Å². The Kier molecular flexibility index (Phi) is 1.03. The van der Waals surface area contributed by atoms with E-state index >= 15 is 0 Å². The fraction of sp³-hybridized carbons (Fsp3) is 0. The molecule has 0 aliphatic rings. The predicted octanol–water partition coefficient (Wildman–Crippen LogP) is -0.00430. The lowest BCUT2D eigenvalue weighted by molar-refractivity contribution is 0.0953. The summed E-state index contributed by atoms with van der Waals surface area (Å²) in [6, 6.07) is -2.60. The number of hydrazine groups is 1. The largest absolute Gasteiger partial charge is 0.508 e. The van der Waals surface area contributed by atoms with Crippen molar-refractivity contribution >= 4 is 5.91 Å². The molecule has 0 saturated carbocycles. The minimum absolute atomic E-state index is 0.495. The van der Waals surface area contributed by atoms with Crippen LogP contribution in [0.15, 0.2) is 24.2 Å². The van der Waals surface area contributed by atoms with E-state index in [0.29, 0.717) is 0 Å². The number of nitrogens with one attached hydrogen (secondary N) is 1. The summed E-state index contributed by atoms with van der Waals surface area (Å²) in [6.07, 6.45) is 0. The molecular weight excluding hydrogens is 144 g/mol. The van der Waals surface area contributed by atoms with Crippen LogP contribution in [0.5, 0.6) is 5.75 Å². The molecular formula is C7H8N2O2. The van der Waals surface area contributed by atoms with Gasteiger partial charge in [-0.3, -0.25) is 10.2 Å². The molecule has 4 N–H and O–H groups in total. The van der Waals surface area contributed by atoms with Crippen molar-refractivity contribution < 1.29 is 15.4 Å². The van der Waals surface area contributed by atoms with Crippen LogP contribution in [0.4, 0.5) is 0 Å². The molecule has 0 aliphatic heterocycles. The van der Waals surface area contributed by atoms with Crippen LogP contribution in [0.3, 0.4) is 0 Å². The molecule has 58 valence electrons. The maximum Gasteiger partial charge on any atom is 0.265 e. The van der Waals surface area contributed by atoms with E-state index in [1.807, 2.05) is 0 Å². The van der Waals surface area contributed by atoms with Gasteiger partial charge in [-0.2, -0.15) is 0 Å². The van der Waals surface area contributed by atoms with Gasteiger partial charge in [0.05, 0.1) is 5.48 Å². The topological polar surface area (TPSA) is 75.4 Å². The van der Waals surface area contributed by atoms with Crippen molar-refractivity contribution in [1.29, 1.82) is 0 Å². The Morgan fingerprint density at radius 3 is 2.55 bits per heavy atom. The van der Waals surface area contributed by atoms with Crippen LogP contribution in [-0.2, 0) is 0 Å². The quantitative estimate of drug-likeness (QED) is 0.304. The Bertz CT molecular complexity index is 406. The standard InChI is InChI=1S/C7H8N2O2/c8-9-7(11)5-1-3-6(10)4-2-5/h1-4,10H,8H2,(H,9,11)/i1D,2D,3D,4D. The Morgan fingerprint density at radius 2 is 2.09 bits per heavy atom. The van der Waals surface area contributed by atoms with Crippen molar-refractivity contribution in [2.45, 2.75) is 0 Å². The van der Waals surface area contributed by atoms with Crippen LogP contribution in [-0.4, -0.2) is 11.0 Å². The molecule has 0 heterocycles. The summed E-state index contributed by atoms with van der Waals surface area (Å²) in [4.78, 5) is 11.1. The van der Waals surface area contributed by atoms with E-state index in [2.05, 4.69) is 0 Å². The molecule has 1 amide bonds. The molecule has 4 heteroatoms. The monoisotopic (exact) mass is 156 g/mol. The number of amides is 1. The van der Waals surface area contributed by atoms with E-state index < -0.39 is 41.4 Å². The van der Waals surface area contributed by atoms with Gasteiger partial charge in [0, 0.05) is 5.56 Å². The van der Waals surface area contributed by atoms with Crippen molar-refractivity contribution in [3.05, 3.63) is 29.7 Å². The zero-order chi connectivity index (χ0) is 11.7. The summed E-state index contributed by atoms with van der Waals surface area (Å²) in [7, 11) is 0. The highest BCUT2D eigenvalue weighted by Gasteiger charge is 2.00. The van der Waals surface area contributed by atoms with Crippen molar-refractivity contribution in [1.82, 2.24) is 5.43 Å². The number of hydrogen-bond acceptors (Lipinski definition) is 3. The van der Waals surface area contributed by atoms with E-state index in [9.17, 15) is 4.79 Å². The van der Waals surface area contributed by atoms with Crippen LogP contribution in [0.25, 0.3) is 0 Å². The van der Waals surface area contributed by atoms with Crippen LogP contribution < -0.4 is 11.3 Å². The molecule has 0 saturated heterocycles. The summed E-state index contributed by atoms with van der Waals surface area (Å²) in [6.45, 7) is 0. The van der Waals surface area contributed by atoms with E-state index in [0.717, 1.165) is 0 Å². The van der Waals surface area contributed by atoms with Gasteiger partial charge in [0.25, 0.3) is 5.91 Å². The second-order valence-corrected chi connectivity index (χ2v) is 1.70. The van der Waals surface area contributed by atoms with Crippen molar-refractivity contribution in [2.75, 3.05) is 0 Å². The minimum atomic E-state index is -0.938. The number of carbonyl (C=O) groups is 1. The normalized spacial score (nSPS) is 14.3. The predicted molar refractivity (Wildman–Crippen MR) is 39.8 cm³/mol. The molecule has 1 rings (SSSR count). The molecule has 0 aliphatic carbocycles. The number of aromatic hydroxyl groups is 1. The van der Waals surface area contributed by atoms with E-state index in [1.165, 1.54) is 0 Å².